The van der Waals surface area contributed by atoms with Gasteiger partial charge in [-0.1, -0.05) is 27.5 Å². The third kappa shape index (κ3) is 4.83. The van der Waals surface area contributed by atoms with Crippen molar-refractivity contribution >= 4 is 37.6 Å². The van der Waals surface area contributed by atoms with E-state index >= 15 is 0 Å². The van der Waals surface area contributed by atoms with E-state index < -0.39 is 10.0 Å². The Hall–Kier alpha value is -0.300. The molecule has 0 fully saturated rings. The Morgan fingerprint density at radius 3 is 2.67 bits per heavy atom. The fraction of sp³-hybridized carbons (Fsp3) is 0.250. The molecule has 0 radical (unpaired) electrons. The first-order chi connectivity index (χ1) is 6.88. The van der Waals surface area contributed by atoms with Gasteiger partial charge in [-0.3, -0.25) is 0 Å². The molecule has 0 aliphatic rings. The van der Waals surface area contributed by atoms with Crippen molar-refractivity contribution in [1.82, 2.24) is 0 Å². The second kappa shape index (κ2) is 5.16. The molecular weight excluding hydrogens is 306 g/mol. The summed E-state index contributed by atoms with van der Waals surface area (Å²) in [5.74, 6) is 0.197. The van der Waals surface area contributed by atoms with E-state index in [4.69, 9.17) is 21.5 Å². The van der Waals surface area contributed by atoms with Gasteiger partial charge >= 0.3 is 0 Å². The molecule has 4 nitrogen and oxygen atoms in total. The molecule has 2 N–H and O–H groups in total. The van der Waals surface area contributed by atoms with E-state index in [-0.39, 0.29) is 12.4 Å². The topological polar surface area (TPSA) is 69.4 Å². The molecule has 15 heavy (non-hydrogen) atoms. The van der Waals surface area contributed by atoms with E-state index in [0.29, 0.717) is 10.8 Å². The zero-order valence-corrected chi connectivity index (χ0v) is 10.8. The van der Waals surface area contributed by atoms with Crippen molar-refractivity contribution in [3.63, 3.8) is 0 Å². The normalized spacial score (nSPS) is 11.4. The van der Waals surface area contributed by atoms with Crippen LogP contribution < -0.4 is 9.88 Å². The van der Waals surface area contributed by atoms with Crippen LogP contribution in [0.25, 0.3) is 0 Å². The lowest BCUT2D eigenvalue weighted by Gasteiger charge is -2.07. The zero-order valence-electron chi connectivity index (χ0n) is 7.61. The number of sulfonamides is 1. The number of ether oxygens (including phenoxy) is 1. The van der Waals surface area contributed by atoms with Gasteiger partial charge < -0.3 is 4.74 Å². The van der Waals surface area contributed by atoms with Gasteiger partial charge in [0.15, 0.2) is 0 Å². The van der Waals surface area contributed by atoms with Crippen LogP contribution in [0.2, 0.25) is 5.02 Å². The minimum Gasteiger partial charge on any atom is -0.491 e. The molecule has 1 rings (SSSR count). The van der Waals surface area contributed by atoms with Crippen LogP contribution in [-0.2, 0) is 10.0 Å². The number of hydrogen-bond donors (Lipinski definition) is 1. The summed E-state index contributed by atoms with van der Waals surface area (Å²) in [6.45, 7) is -0.0137. The van der Waals surface area contributed by atoms with E-state index in [2.05, 4.69) is 15.9 Å². The second-order valence-electron chi connectivity index (χ2n) is 2.79. The SMILES string of the molecule is NS(=O)(=O)CCOc1ccc(Br)cc1Cl. The number of primary sulfonamides is 1. The molecular formula is C8H9BrClNO3S. The van der Waals surface area contributed by atoms with Gasteiger partial charge in [-0.05, 0) is 18.2 Å². The van der Waals surface area contributed by atoms with Crippen molar-refractivity contribution in [3.05, 3.63) is 27.7 Å². The highest BCUT2D eigenvalue weighted by Crippen LogP contribution is 2.27. The molecule has 0 spiro atoms. The van der Waals surface area contributed by atoms with Crippen LogP contribution in [0.15, 0.2) is 22.7 Å². The van der Waals surface area contributed by atoms with E-state index in [1.165, 1.54) is 0 Å². The first-order valence-corrected chi connectivity index (χ1v) is 6.85. The van der Waals surface area contributed by atoms with Crippen LogP contribution in [0.5, 0.6) is 5.75 Å². The molecule has 0 aromatic heterocycles. The highest BCUT2D eigenvalue weighted by molar-refractivity contribution is 9.10. The van der Waals surface area contributed by atoms with E-state index in [1.54, 1.807) is 18.2 Å². The molecule has 0 aliphatic carbocycles. The molecule has 7 heteroatoms. The van der Waals surface area contributed by atoms with Gasteiger partial charge in [-0.25, -0.2) is 13.6 Å². The molecule has 0 unspecified atom stereocenters. The summed E-state index contributed by atoms with van der Waals surface area (Å²) in [7, 11) is -3.49. The Morgan fingerprint density at radius 1 is 1.47 bits per heavy atom. The molecule has 0 heterocycles. The predicted octanol–water partition coefficient (Wildman–Crippen LogP) is 1.77. The third-order valence-corrected chi connectivity index (χ3v) is 3.04. The molecule has 0 amide bonds. The molecule has 0 atom stereocenters. The van der Waals surface area contributed by atoms with Crippen LogP contribution >= 0.6 is 27.5 Å². The quantitative estimate of drug-likeness (QED) is 0.921. The largest absolute Gasteiger partial charge is 0.491 e. The van der Waals surface area contributed by atoms with Gasteiger partial charge in [0.1, 0.15) is 12.4 Å². The average Bonchev–Trinajstić information content (AvgIpc) is 2.07. The van der Waals surface area contributed by atoms with Gasteiger partial charge in [-0.2, -0.15) is 0 Å². The molecule has 1 aromatic carbocycles. The smallest absolute Gasteiger partial charge is 0.212 e. The minimum absolute atomic E-state index is 0.0137. The van der Waals surface area contributed by atoms with Crippen LogP contribution in [0.1, 0.15) is 0 Å². The number of nitrogens with two attached hydrogens (primary N) is 1. The summed E-state index contributed by atoms with van der Waals surface area (Å²) in [4.78, 5) is 0. The Bertz CT molecular complexity index is 449. The third-order valence-electron chi connectivity index (χ3n) is 1.52. The van der Waals surface area contributed by atoms with E-state index in [0.717, 1.165) is 4.47 Å². The van der Waals surface area contributed by atoms with Crippen molar-refractivity contribution in [3.8, 4) is 5.75 Å². The summed E-state index contributed by atoms with van der Waals surface area (Å²) in [6, 6.07) is 5.06. The Balaban J connectivity index is 2.59. The average molecular weight is 315 g/mol. The van der Waals surface area contributed by atoms with E-state index in [1.807, 2.05) is 0 Å². The van der Waals surface area contributed by atoms with Crippen molar-refractivity contribution in [2.45, 2.75) is 0 Å². The standard InChI is InChI=1S/C8H9BrClNO3S/c9-6-1-2-8(7(10)5-6)14-3-4-15(11,12)13/h1-2,5H,3-4H2,(H2,11,12,13). The molecule has 0 saturated heterocycles. The highest BCUT2D eigenvalue weighted by Gasteiger charge is 2.05. The Labute approximate surface area is 102 Å². The lowest BCUT2D eigenvalue weighted by atomic mass is 10.3. The van der Waals surface area contributed by atoms with Crippen LogP contribution in [0.4, 0.5) is 0 Å². The van der Waals surface area contributed by atoms with E-state index in [9.17, 15) is 8.42 Å². The highest BCUT2D eigenvalue weighted by atomic mass is 79.9. The zero-order chi connectivity index (χ0) is 11.5. The summed E-state index contributed by atoms with van der Waals surface area (Å²) >= 11 is 9.08. The van der Waals surface area contributed by atoms with Crippen molar-refractivity contribution < 1.29 is 13.2 Å². The minimum atomic E-state index is -3.49. The maximum absolute atomic E-state index is 10.6. The van der Waals surface area contributed by atoms with Gasteiger partial charge in [0.25, 0.3) is 0 Å². The molecule has 84 valence electrons. The summed E-state index contributed by atoms with van der Waals surface area (Å²) in [5, 5.41) is 5.23. The van der Waals surface area contributed by atoms with Gasteiger partial charge in [0, 0.05) is 4.47 Å². The molecule has 1 aromatic rings. The summed E-state index contributed by atoms with van der Waals surface area (Å²) in [5.41, 5.74) is 0. The number of halogens is 2. The van der Waals surface area contributed by atoms with Crippen molar-refractivity contribution in [2.75, 3.05) is 12.4 Å². The maximum Gasteiger partial charge on any atom is 0.212 e. The molecule has 0 aliphatic heterocycles. The van der Waals surface area contributed by atoms with Crippen molar-refractivity contribution in [2.24, 2.45) is 5.14 Å². The summed E-state index contributed by atoms with van der Waals surface area (Å²) < 4.78 is 27.2. The lowest BCUT2D eigenvalue weighted by molar-refractivity contribution is 0.341. The number of rotatable bonds is 4. The number of hydrogen-bond acceptors (Lipinski definition) is 3. The monoisotopic (exact) mass is 313 g/mol. The van der Waals surface area contributed by atoms with Crippen LogP contribution in [0, 0.1) is 0 Å². The fourth-order valence-electron chi connectivity index (χ4n) is 0.860. The van der Waals surface area contributed by atoms with Crippen LogP contribution in [-0.4, -0.2) is 20.8 Å². The van der Waals surface area contributed by atoms with Crippen molar-refractivity contribution in [1.29, 1.82) is 0 Å². The first kappa shape index (κ1) is 12.8. The molecule has 0 saturated carbocycles. The predicted molar refractivity (Wildman–Crippen MR) is 62.6 cm³/mol. The second-order valence-corrected chi connectivity index (χ2v) is 5.85. The molecule has 0 bridgehead atoms. The maximum atomic E-state index is 10.6. The summed E-state index contributed by atoms with van der Waals surface area (Å²) in [6.07, 6.45) is 0. The van der Waals surface area contributed by atoms with Gasteiger partial charge in [0.2, 0.25) is 10.0 Å². The Kier molecular flexibility index (Phi) is 4.39. The van der Waals surface area contributed by atoms with Gasteiger partial charge in [-0.15, -0.1) is 0 Å². The lowest BCUT2D eigenvalue weighted by Crippen LogP contribution is -2.21. The number of benzene rings is 1. The fourth-order valence-corrected chi connectivity index (χ4v) is 1.90. The Morgan fingerprint density at radius 2 is 2.13 bits per heavy atom. The first-order valence-electron chi connectivity index (χ1n) is 3.97. The van der Waals surface area contributed by atoms with Crippen LogP contribution in [0.3, 0.4) is 0 Å². The van der Waals surface area contributed by atoms with Gasteiger partial charge in [0.05, 0.1) is 10.8 Å².